The Morgan fingerprint density at radius 3 is 3.00 bits per heavy atom. The van der Waals surface area contributed by atoms with Crippen molar-refractivity contribution >= 4 is 40.1 Å². The van der Waals surface area contributed by atoms with Gasteiger partial charge in [-0.15, -0.1) is 0 Å². The van der Waals surface area contributed by atoms with E-state index in [4.69, 9.17) is 22.1 Å². The van der Waals surface area contributed by atoms with Gasteiger partial charge < -0.3 is 15.5 Å². The molecule has 0 atom stereocenters. The molecule has 0 aliphatic rings. The van der Waals surface area contributed by atoms with Gasteiger partial charge in [0.2, 0.25) is 0 Å². The van der Waals surface area contributed by atoms with Crippen LogP contribution in [0.15, 0.2) is 40.6 Å². The number of nitrogens with two attached hydrogens (primary N) is 1. The van der Waals surface area contributed by atoms with Gasteiger partial charge in [-0.1, -0.05) is 11.6 Å². The van der Waals surface area contributed by atoms with E-state index in [2.05, 4.69) is 15.0 Å². The highest BCUT2D eigenvalue weighted by Gasteiger charge is 2.09. The molecule has 0 fully saturated rings. The summed E-state index contributed by atoms with van der Waals surface area (Å²) in [6.45, 7) is 2.58. The molecule has 0 aliphatic carbocycles. The standard InChI is InChI=1S/C14H13ClN4OS/c1-2-20-9-3-4-11-12(6-9)19-14(18-11)21-13-10(15)5-8(16)7-17-13/h3-7H,2,16H2,1H3,(H,18,19). The molecule has 3 aromatic rings. The normalized spacial score (nSPS) is 11.0. The van der Waals surface area contributed by atoms with Crippen molar-refractivity contribution in [2.75, 3.05) is 12.3 Å². The van der Waals surface area contributed by atoms with Gasteiger partial charge in [0.25, 0.3) is 0 Å². The molecule has 0 saturated heterocycles. The smallest absolute Gasteiger partial charge is 0.172 e. The molecule has 2 aromatic heterocycles. The predicted molar refractivity (Wildman–Crippen MR) is 85.0 cm³/mol. The lowest BCUT2D eigenvalue weighted by Gasteiger charge is -2.01. The number of nitrogen functional groups attached to an aromatic ring is 1. The van der Waals surface area contributed by atoms with Crippen LogP contribution in [0.1, 0.15) is 6.92 Å². The second-order valence-corrected chi connectivity index (χ2v) is 5.70. The maximum absolute atomic E-state index is 6.12. The van der Waals surface area contributed by atoms with E-state index in [0.717, 1.165) is 21.9 Å². The highest BCUT2D eigenvalue weighted by molar-refractivity contribution is 7.99. The zero-order valence-electron chi connectivity index (χ0n) is 11.3. The molecular formula is C14H13ClN4OS. The van der Waals surface area contributed by atoms with E-state index in [0.29, 0.717) is 22.3 Å². The number of pyridine rings is 1. The number of halogens is 1. The van der Waals surface area contributed by atoms with E-state index in [9.17, 15) is 0 Å². The Labute approximate surface area is 130 Å². The third-order valence-corrected chi connectivity index (χ3v) is 4.07. The minimum absolute atomic E-state index is 0.510. The van der Waals surface area contributed by atoms with Gasteiger partial charge in [0.05, 0.1) is 34.5 Å². The lowest BCUT2D eigenvalue weighted by molar-refractivity contribution is 0.340. The van der Waals surface area contributed by atoms with Crippen molar-refractivity contribution < 1.29 is 4.74 Å². The number of aromatic amines is 1. The SMILES string of the molecule is CCOc1ccc2nc(Sc3ncc(N)cc3Cl)[nH]c2c1. The number of rotatable bonds is 4. The van der Waals surface area contributed by atoms with Crippen molar-refractivity contribution in [2.45, 2.75) is 17.1 Å². The number of fused-ring (bicyclic) bond motifs is 1. The molecular weight excluding hydrogens is 308 g/mol. The number of nitrogens with zero attached hydrogens (tertiary/aromatic N) is 2. The molecule has 0 unspecified atom stereocenters. The maximum atomic E-state index is 6.12. The van der Waals surface area contributed by atoms with Gasteiger partial charge in [0.15, 0.2) is 5.16 Å². The molecule has 3 rings (SSSR count). The molecule has 0 saturated carbocycles. The minimum Gasteiger partial charge on any atom is -0.494 e. The molecule has 21 heavy (non-hydrogen) atoms. The van der Waals surface area contributed by atoms with Gasteiger partial charge in [-0.2, -0.15) is 0 Å². The van der Waals surface area contributed by atoms with Crippen molar-refractivity contribution in [3.05, 3.63) is 35.5 Å². The number of anilines is 1. The second-order valence-electron chi connectivity index (χ2n) is 4.31. The lowest BCUT2D eigenvalue weighted by atomic mass is 10.3. The van der Waals surface area contributed by atoms with Crippen LogP contribution in [0.25, 0.3) is 11.0 Å². The van der Waals surface area contributed by atoms with E-state index in [1.807, 2.05) is 25.1 Å². The zero-order valence-corrected chi connectivity index (χ0v) is 12.8. The van der Waals surface area contributed by atoms with Crippen LogP contribution < -0.4 is 10.5 Å². The first kappa shape index (κ1) is 14.0. The number of hydrogen-bond donors (Lipinski definition) is 2. The van der Waals surface area contributed by atoms with Gasteiger partial charge in [0.1, 0.15) is 10.8 Å². The number of nitrogens with one attached hydrogen (secondary N) is 1. The van der Waals surface area contributed by atoms with Crippen LogP contribution in [0.3, 0.4) is 0 Å². The van der Waals surface area contributed by atoms with Crippen LogP contribution in [0, 0.1) is 0 Å². The fourth-order valence-corrected chi connectivity index (χ4v) is 2.92. The molecule has 0 amide bonds. The topological polar surface area (TPSA) is 76.8 Å². The third kappa shape index (κ3) is 3.06. The van der Waals surface area contributed by atoms with Crippen molar-refractivity contribution in [2.24, 2.45) is 0 Å². The average molecular weight is 321 g/mol. The summed E-state index contributed by atoms with van der Waals surface area (Å²) in [4.78, 5) is 11.9. The van der Waals surface area contributed by atoms with E-state index >= 15 is 0 Å². The van der Waals surface area contributed by atoms with Crippen LogP contribution in [-0.2, 0) is 0 Å². The largest absolute Gasteiger partial charge is 0.494 e. The van der Waals surface area contributed by atoms with Gasteiger partial charge in [0, 0.05) is 6.07 Å². The summed E-state index contributed by atoms with van der Waals surface area (Å²) in [5.74, 6) is 0.814. The van der Waals surface area contributed by atoms with Crippen LogP contribution in [-0.4, -0.2) is 21.6 Å². The van der Waals surface area contributed by atoms with E-state index in [-0.39, 0.29) is 0 Å². The maximum Gasteiger partial charge on any atom is 0.172 e. The van der Waals surface area contributed by atoms with Crippen LogP contribution in [0.2, 0.25) is 5.02 Å². The average Bonchev–Trinajstić information content (AvgIpc) is 2.84. The van der Waals surface area contributed by atoms with E-state index < -0.39 is 0 Å². The lowest BCUT2D eigenvalue weighted by Crippen LogP contribution is -1.90. The highest BCUT2D eigenvalue weighted by Crippen LogP contribution is 2.32. The molecule has 3 N–H and O–H groups in total. The molecule has 1 aromatic carbocycles. The van der Waals surface area contributed by atoms with Gasteiger partial charge in [-0.25, -0.2) is 9.97 Å². The third-order valence-electron chi connectivity index (χ3n) is 2.76. The first-order valence-corrected chi connectivity index (χ1v) is 7.56. The fourth-order valence-electron chi connectivity index (χ4n) is 1.88. The predicted octanol–water partition coefficient (Wildman–Crippen LogP) is 3.74. The summed E-state index contributed by atoms with van der Waals surface area (Å²) < 4.78 is 5.47. The molecule has 0 radical (unpaired) electrons. The zero-order chi connectivity index (χ0) is 14.8. The van der Waals surface area contributed by atoms with E-state index in [1.165, 1.54) is 11.8 Å². The Bertz CT molecular complexity index is 790. The molecule has 5 nitrogen and oxygen atoms in total. The molecule has 0 aliphatic heterocycles. The highest BCUT2D eigenvalue weighted by atomic mass is 35.5. The van der Waals surface area contributed by atoms with Gasteiger partial charge in [-0.3, -0.25) is 0 Å². The summed E-state index contributed by atoms with van der Waals surface area (Å²) in [6, 6.07) is 7.41. The first-order chi connectivity index (χ1) is 10.2. The summed E-state index contributed by atoms with van der Waals surface area (Å²) in [5.41, 5.74) is 7.95. The van der Waals surface area contributed by atoms with Gasteiger partial charge >= 0.3 is 0 Å². The Morgan fingerprint density at radius 2 is 2.24 bits per heavy atom. The number of imidazole rings is 1. The van der Waals surface area contributed by atoms with Gasteiger partial charge in [-0.05, 0) is 36.9 Å². The summed E-state index contributed by atoms with van der Waals surface area (Å²) in [5, 5.41) is 1.89. The quantitative estimate of drug-likeness (QED) is 0.765. The van der Waals surface area contributed by atoms with Crippen molar-refractivity contribution in [3.63, 3.8) is 0 Å². The van der Waals surface area contributed by atoms with Crippen LogP contribution in [0.4, 0.5) is 5.69 Å². The van der Waals surface area contributed by atoms with E-state index in [1.54, 1.807) is 12.3 Å². The van der Waals surface area contributed by atoms with Crippen LogP contribution >= 0.6 is 23.4 Å². The summed E-state index contributed by atoms with van der Waals surface area (Å²) >= 11 is 7.48. The van der Waals surface area contributed by atoms with Crippen molar-refractivity contribution in [3.8, 4) is 5.75 Å². The molecule has 7 heteroatoms. The minimum atomic E-state index is 0.510. The second kappa shape index (κ2) is 5.83. The molecule has 2 heterocycles. The monoisotopic (exact) mass is 320 g/mol. The Morgan fingerprint density at radius 1 is 1.38 bits per heavy atom. The number of hydrogen-bond acceptors (Lipinski definition) is 5. The fraction of sp³-hybridized carbons (Fsp3) is 0.143. The summed E-state index contributed by atoms with van der Waals surface area (Å²) in [6.07, 6.45) is 1.57. The van der Waals surface area contributed by atoms with Crippen molar-refractivity contribution in [1.29, 1.82) is 0 Å². The Hall–Kier alpha value is -1.92. The molecule has 0 bridgehead atoms. The first-order valence-electron chi connectivity index (χ1n) is 6.37. The number of aromatic nitrogens is 3. The Kier molecular flexibility index (Phi) is 3.90. The van der Waals surface area contributed by atoms with Crippen molar-refractivity contribution in [1.82, 2.24) is 15.0 Å². The molecule has 0 spiro atoms. The summed E-state index contributed by atoms with van der Waals surface area (Å²) in [7, 11) is 0. The number of benzene rings is 1. The number of H-pyrrole nitrogens is 1. The Balaban J connectivity index is 1.90. The van der Waals surface area contributed by atoms with Crippen LogP contribution in [0.5, 0.6) is 5.75 Å². The number of ether oxygens (including phenoxy) is 1. The molecule has 108 valence electrons.